The molecule has 2 nitrogen and oxygen atoms in total. The molecule has 0 saturated carbocycles. The van der Waals surface area contributed by atoms with Crippen LogP contribution in [0, 0.1) is 13.8 Å². The first-order valence-corrected chi connectivity index (χ1v) is 5.80. The minimum absolute atomic E-state index is 0. The molecule has 0 aliphatic carbocycles. The van der Waals surface area contributed by atoms with E-state index in [9.17, 15) is 0 Å². The molecule has 1 N–H and O–H groups in total. The molecule has 0 radical (unpaired) electrons. The number of benzene rings is 1. The molecule has 0 amide bonds. The Hall–Kier alpha value is -1.61. The van der Waals surface area contributed by atoms with E-state index in [1.165, 1.54) is 16.7 Å². The number of imidazole rings is 1. The number of halogens is 1. The van der Waals surface area contributed by atoms with Crippen LogP contribution in [0.4, 0.5) is 0 Å². The molecular formula is C15H15BrN2. The van der Waals surface area contributed by atoms with Gasteiger partial charge < -0.3 is 17.0 Å². The molecule has 0 bridgehead atoms. The van der Waals surface area contributed by atoms with Gasteiger partial charge >= 0.3 is 0 Å². The number of nitrogens with zero attached hydrogens (tertiary/aromatic N) is 1. The Kier molecular flexibility index (Phi) is 3.53. The smallest absolute Gasteiger partial charge is 0.284 e. The number of aryl methyl sites for hydroxylation is 2. The summed E-state index contributed by atoms with van der Waals surface area (Å²) in [6, 6.07) is 12.8. The van der Waals surface area contributed by atoms with Crippen LogP contribution in [0.5, 0.6) is 0 Å². The van der Waals surface area contributed by atoms with Gasteiger partial charge in [-0.1, -0.05) is 29.8 Å². The van der Waals surface area contributed by atoms with Gasteiger partial charge in [-0.25, -0.2) is 9.38 Å². The number of aromatic nitrogens is 2. The van der Waals surface area contributed by atoms with E-state index in [1.807, 2.05) is 0 Å². The molecule has 2 aromatic heterocycles. The van der Waals surface area contributed by atoms with E-state index < -0.39 is 0 Å². The first-order chi connectivity index (χ1) is 8.22. The van der Waals surface area contributed by atoms with Crippen LogP contribution in [0.3, 0.4) is 0 Å². The van der Waals surface area contributed by atoms with Gasteiger partial charge in [0.1, 0.15) is 6.20 Å². The summed E-state index contributed by atoms with van der Waals surface area (Å²) in [5.41, 5.74) is 6.03. The molecule has 18 heavy (non-hydrogen) atoms. The normalized spacial score (nSPS) is 10.3. The fraction of sp³-hybridized carbons (Fsp3) is 0.133. The third-order valence-electron chi connectivity index (χ3n) is 3.02. The van der Waals surface area contributed by atoms with Crippen LogP contribution in [0.1, 0.15) is 11.1 Å². The minimum atomic E-state index is 0. The number of aromatic amines is 1. The van der Waals surface area contributed by atoms with Crippen molar-refractivity contribution in [2.24, 2.45) is 0 Å². The van der Waals surface area contributed by atoms with Gasteiger partial charge in [0, 0.05) is 11.6 Å². The first kappa shape index (κ1) is 12.8. The van der Waals surface area contributed by atoms with Gasteiger partial charge in [-0.2, -0.15) is 0 Å². The van der Waals surface area contributed by atoms with Crippen molar-refractivity contribution >= 4 is 5.65 Å². The Bertz CT molecular complexity index is 669. The number of hydrogen-bond acceptors (Lipinski definition) is 0. The molecule has 0 fully saturated rings. The van der Waals surface area contributed by atoms with Gasteiger partial charge in [-0.3, -0.25) is 0 Å². The van der Waals surface area contributed by atoms with E-state index in [-0.39, 0.29) is 17.0 Å². The van der Waals surface area contributed by atoms with Gasteiger partial charge in [-0.15, -0.1) is 0 Å². The maximum atomic E-state index is 3.42. The molecule has 0 atom stereocenters. The van der Waals surface area contributed by atoms with Crippen molar-refractivity contribution in [2.45, 2.75) is 13.8 Å². The largest absolute Gasteiger partial charge is 1.00 e. The summed E-state index contributed by atoms with van der Waals surface area (Å²) in [4.78, 5) is 3.42. The van der Waals surface area contributed by atoms with Crippen LogP contribution in [-0.2, 0) is 0 Å². The van der Waals surface area contributed by atoms with E-state index in [0.717, 1.165) is 11.3 Å². The Labute approximate surface area is 117 Å². The highest BCUT2D eigenvalue weighted by Crippen LogP contribution is 2.17. The van der Waals surface area contributed by atoms with Crippen molar-refractivity contribution in [3.05, 3.63) is 59.9 Å². The summed E-state index contributed by atoms with van der Waals surface area (Å²) >= 11 is 0. The zero-order chi connectivity index (χ0) is 11.8. The van der Waals surface area contributed by atoms with Crippen molar-refractivity contribution in [3.63, 3.8) is 0 Å². The zero-order valence-electron chi connectivity index (χ0n) is 10.4. The maximum Gasteiger partial charge on any atom is 0.284 e. The van der Waals surface area contributed by atoms with Gasteiger partial charge in [0.2, 0.25) is 0 Å². The van der Waals surface area contributed by atoms with E-state index in [1.54, 1.807) is 0 Å². The Morgan fingerprint density at radius 3 is 2.22 bits per heavy atom. The van der Waals surface area contributed by atoms with E-state index in [0.29, 0.717) is 0 Å². The predicted octanol–water partition coefficient (Wildman–Crippen LogP) is 0.0412. The molecule has 2 heterocycles. The number of hydrogen-bond donors (Lipinski definition) is 1. The summed E-state index contributed by atoms with van der Waals surface area (Å²) < 4.78 is 2.13. The molecule has 0 unspecified atom stereocenters. The quantitative estimate of drug-likeness (QED) is 0.613. The molecule has 0 spiro atoms. The average molecular weight is 303 g/mol. The van der Waals surface area contributed by atoms with E-state index in [2.05, 4.69) is 72.0 Å². The van der Waals surface area contributed by atoms with Gasteiger partial charge in [0.25, 0.3) is 5.65 Å². The van der Waals surface area contributed by atoms with E-state index in [4.69, 9.17) is 0 Å². The molecule has 3 aromatic rings. The van der Waals surface area contributed by atoms with Crippen molar-refractivity contribution in [1.82, 2.24) is 4.98 Å². The van der Waals surface area contributed by atoms with Crippen LogP contribution < -0.4 is 21.4 Å². The molecule has 3 rings (SSSR count). The number of fused-ring (bicyclic) bond motifs is 1. The minimum Gasteiger partial charge on any atom is -1.00 e. The summed E-state index contributed by atoms with van der Waals surface area (Å²) in [7, 11) is 0. The first-order valence-electron chi connectivity index (χ1n) is 5.80. The fourth-order valence-corrected chi connectivity index (χ4v) is 2.03. The predicted molar refractivity (Wildman–Crippen MR) is 68.9 cm³/mol. The lowest BCUT2D eigenvalue weighted by Crippen LogP contribution is -3.00. The highest BCUT2D eigenvalue weighted by atomic mass is 79.9. The lowest BCUT2D eigenvalue weighted by Gasteiger charge is -1.93. The van der Waals surface area contributed by atoms with Crippen molar-refractivity contribution in [3.8, 4) is 11.3 Å². The monoisotopic (exact) mass is 302 g/mol. The van der Waals surface area contributed by atoms with Gasteiger partial charge in [0.05, 0.1) is 6.20 Å². The van der Waals surface area contributed by atoms with Crippen LogP contribution >= 0.6 is 0 Å². The Morgan fingerprint density at radius 1 is 0.833 bits per heavy atom. The highest BCUT2D eigenvalue weighted by molar-refractivity contribution is 5.60. The number of rotatable bonds is 1. The van der Waals surface area contributed by atoms with Crippen LogP contribution in [0.2, 0.25) is 0 Å². The summed E-state index contributed by atoms with van der Waals surface area (Å²) in [5, 5.41) is 0. The number of pyridine rings is 1. The van der Waals surface area contributed by atoms with E-state index >= 15 is 0 Å². The molecule has 1 aromatic carbocycles. The van der Waals surface area contributed by atoms with Gasteiger partial charge in [-0.05, 0) is 25.5 Å². The summed E-state index contributed by atoms with van der Waals surface area (Å²) in [6.07, 6.45) is 4.26. The van der Waals surface area contributed by atoms with Crippen LogP contribution in [0.25, 0.3) is 16.9 Å². The summed E-state index contributed by atoms with van der Waals surface area (Å²) in [5.74, 6) is 0. The lowest BCUT2D eigenvalue weighted by molar-refractivity contribution is -0.510. The molecule has 0 aliphatic heterocycles. The fourth-order valence-electron chi connectivity index (χ4n) is 2.03. The summed E-state index contributed by atoms with van der Waals surface area (Å²) in [6.45, 7) is 4.21. The molecule has 3 heteroatoms. The molecular weight excluding hydrogens is 288 g/mol. The SMILES string of the molecule is Cc1ccc(-c2c[n+]3cc(C)ccc3[nH]2)cc1.[Br-]. The number of nitrogens with one attached hydrogen (secondary N) is 1. The van der Waals surface area contributed by atoms with Crippen molar-refractivity contribution in [2.75, 3.05) is 0 Å². The Morgan fingerprint density at radius 2 is 1.50 bits per heavy atom. The average Bonchev–Trinajstić information content (AvgIpc) is 2.72. The zero-order valence-corrected chi connectivity index (χ0v) is 12.0. The van der Waals surface area contributed by atoms with Crippen molar-refractivity contribution in [1.29, 1.82) is 0 Å². The second kappa shape index (κ2) is 4.94. The molecule has 0 saturated heterocycles. The van der Waals surface area contributed by atoms with Crippen LogP contribution in [0.15, 0.2) is 48.8 Å². The standard InChI is InChI=1S/C15H14N2.BrH/c1-11-3-6-13(7-4-11)14-10-17-9-12(2)5-8-15(17)16-14;/h3-10H,1-2H3;1H. The highest BCUT2D eigenvalue weighted by Gasteiger charge is 2.09. The second-order valence-electron chi connectivity index (χ2n) is 4.53. The second-order valence-corrected chi connectivity index (χ2v) is 4.53. The Balaban J connectivity index is 0.00000120. The molecule has 0 aliphatic rings. The molecule has 92 valence electrons. The third kappa shape index (κ3) is 2.31. The van der Waals surface area contributed by atoms with Crippen LogP contribution in [-0.4, -0.2) is 4.98 Å². The lowest BCUT2D eigenvalue weighted by atomic mass is 10.1. The maximum absolute atomic E-state index is 3.42. The third-order valence-corrected chi connectivity index (χ3v) is 3.02. The van der Waals surface area contributed by atoms with Crippen molar-refractivity contribution < 1.29 is 21.4 Å². The topological polar surface area (TPSA) is 19.9 Å². The number of H-pyrrole nitrogens is 1. The van der Waals surface area contributed by atoms with Gasteiger partial charge in [0.15, 0.2) is 5.69 Å².